The van der Waals surface area contributed by atoms with Crippen LogP contribution in [-0.4, -0.2) is 17.1 Å². The second-order valence-electron chi connectivity index (χ2n) is 6.26. The molecule has 2 N–H and O–H groups in total. The minimum absolute atomic E-state index is 0.378. The van der Waals surface area contributed by atoms with E-state index in [2.05, 4.69) is 9.97 Å². The van der Waals surface area contributed by atoms with Crippen LogP contribution in [0.5, 0.6) is 23.1 Å². The molecule has 0 unspecified atom stereocenters. The zero-order valence-electron chi connectivity index (χ0n) is 15.6. The molecule has 4 rings (SSSR count). The molecule has 1 heterocycles. The van der Waals surface area contributed by atoms with Gasteiger partial charge in [0.15, 0.2) is 11.5 Å². The third-order valence-corrected chi connectivity index (χ3v) is 4.64. The van der Waals surface area contributed by atoms with E-state index in [1.807, 2.05) is 36.4 Å². The molecule has 0 saturated heterocycles. The van der Waals surface area contributed by atoms with Gasteiger partial charge in [0.2, 0.25) is 5.88 Å². The summed E-state index contributed by atoms with van der Waals surface area (Å²) in [6.45, 7) is 0.418. The van der Waals surface area contributed by atoms with Gasteiger partial charge in [0.05, 0.1) is 28.7 Å². The molecule has 0 radical (unpaired) electrons. The van der Waals surface area contributed by atoms with Crippen LogP contribution < -0.4 is 19.9 Å². The lowest BCUT2D eigenvalue weighted by molar-refractivity contribution is 0.285. The second kappa shape index (κ2) is 8.24. The van der Waals surface area contributed by atoms with Gasteiger partial charge >= 0.3 is 0 Å². The number of aromatic nitrogens is 2. The van der Waals surface area contributed by atoms with E-state index in [-0.39, 0.29) is 0 Å². The molecule has 29 heavy (non-hydrogen) atoms. The van der Waals surface area contributed by atoms with Crippen molar-refractivity contribution in [3.05, 3.63) is 77.6 Å². The summed E-state index contributed by atoms with van der Waals surface area (Å²) < 4.78 is 17.4. The summed E-state index contributed by atoms with van der Waals surface area (Å²) in [5, 5.41) is 1.10. The second-order valence-corrected chi connectivity index (χ2v) is 6.67. The zero-order valence-corrected chi connectivity index (χ0v) is 16.4. The van der Waals surface area contributed by atoms with E-state index in [0.717, 1.165) is 5.56 Å². The predicted octanol–water partition coefficient (Wildman–Crippen LogP) is 5.25. The number of anilines is 1. The van der Waals surface area contributed by atoms with Crippen LogP contribution in [0.2, 0.25) is 5.02 Å². The monoisotopic (exact) mass is 407 g/mol. The smallest absolute Gasteiger partial charge is 0.230 e. The Morgan fingerprint density at radius 1 is 0.966 bits per heavy atom. The number of rotatable bonds is 6. The van der Waals surface area contributed by atoms with Crippen molar-refractivity contribution < 1.29 is 14.2 Å². The molecule has 3 aromatic carbocycles. The van der Waals surface area contributed by atoms with Crippen molar-refractivity contribution in [2.24, 2.45) is 0 Å². The summed E-state index contributed by atoms with van der Waals surface area (Å²) in [6, 6.07) is 18.5. The highest BCUT2D eigenvalue weighted by Gasteiger charge is 2.13. The van der Waals surface area contributed by atoms with Crippen LogP contribution in [0.3, 0.4) is 0 Å². The van der Waals surface area contributed by atoms with E-state index in [9.17, 15) is 0 Å². The molecule has 0 aliphatic carbocycles. The van der Waals surface area contributed by atoms with Crippen molar-refractivity contribution in [2.45, 2.75) is 6.61 Å². The average molecular weight is 408 g/mol. The van der Waals surface area contributed by atoms with E-state index in [1.165, 1.54) is 6.33 Å². The molecule has 0 spiro atoms. The molecule has 0 atom stereocenters. The molecule has 4 aromatic rings. The predicted molar refractivity (Wildman–Crippen MR) is 113 cm³/mol. The Hall–Kier alpha value is -3.51. The highest BCUT2D eigenvalue weighted by Crippen LogP contribution is 2.37. The van der Waals surface area contributed by atoms with Gasteiger partial charge in [-0.1, -0.05) is 41.9 Å². The summed E-state index contributed by atoms with van der Waals surface area (Å²) >= 11 is 6.08. The third kappa shape index (κ3) is 4.17. The van der Waals surface area contributed by atoms with Crippen molar-refractivity contribution in [1.29, 1.82) is 0 Å². The number of methoxy groups -OCH3 is 1. The Bertz CT molecular complexity index is 1150. The number of nitrogens with zero attached hydrogens (tertiary/aromatic N) is 2. The maximum Gasteiger partial charge on any atom is 0.230 e. The average Bonchev–Trinajstić information content (AvgIpc) is 2.75. The number of fused-ring (bicyclic) bond motifs is 1. The van der Waals surface area contributed by atoms with E-state index in [1.54, 1.807) is 31.4 Å². The molecule has 0 aliphatic rings. The molecule has 6 nitrogen and oxygen atoms in total. The fourth-order valence-electron chi connectivity index (χ4n) is 2.81. The first-order valence-electron chi connectivity index (χ1n) is 8.86. The fraction of sp³-hybridized carbons (Fsp3) is 0.0909. The fourth-order valence-corrected chi connectivity index (χ4v) is 2.98. The summed E-state index contributed by atoms with van der Waals surface area (Å²) in [7, 11) is 1.58. The molecule has 1 aromatic heterocycles. The van der Waals surface area contributed by atoms with Crippen molar-refractivity contribution >= 4 is 28.2 Å². The lowest BCUT2D eigenvalue weighted by atomic mass is 10.2. The van der Waals surface area contributed by atoms with Gasteiger partial charge in [-0.2, -0.15) is 0 Å². The summed E-state index contributed by atoms with van der Waals surface area (Å²) in [4.78, 5) is 8.58. The molecular formula is C22H18ClN3O3. The maximum atomic E-state index is 6.08. The quantitative estimate of drug-likeness (QED) is 0.440. The van der Waals surface area contributed by atoms with Gasteiger partial charge in [-0.15, -0.1) is 0 Å². The minimum atomic E-state index is 0.378. The molecular weight excluding hydrogens is 390 g/mol. The number of nitrogen functional groups attached to an aromatic ring is 1. The van der Waals surface area contributed by atoms with E-state index >= 15 is 0 Å². The molecule has 0 fully saturated rings. The Labute approximate surface area is 172 Å². The topological polar surface area (TPSA) is 79.5 Å². The molecule has 7 heteroatoms. The third-order valence-electron chi connectivity index (χ3n) is 4.31. The molecule has 0 amide bonds. The molecule has 0 saturated carbocycles. The molecule has 146 valence electrons. The zero-order chi connectivity index (χ0) is 20.2. The van der Waals surface area contributed by atoms with Gasteiger partial charge in [-0.3, -0.25) is 0 Å². The van der Waals surface area contributed by atoms with E-state index in [4.69, 9.17) is 31.5 Å². The maximum absolute atomic E-state index is 6.08. The van der Waals surface area contributed by atoms with Gasteiger partial charge in [0.25, 0.3) is 0 Å². The van der Waals surface area contributed by atoms with Crippen molar-refractivity contribution in [1.82, 2.24) is 9.97 Å². The first kappa shape index (κ1) is 18.8. The summed E-state index contributed by atoms with van der Waals surface area (Å²) in [5.74, 6) is 2.05. The Kier molecular flexibility index (Phi) is 5.35. The van der Waals surface area contributed by atoms with Crippen LogP contribution in [-0.2, 0) is 6.61 Å². The number of nitrogens with two attached hydrogens (primary N) is 1. The Balaban J connectivity index is 1.66. The van der Waals surface area contributed by atoms with Gasteiger partial charge < -0.3 is 19.9 Å². The largest absolute Gasteiger partial charge is 0.493 e. The Morgan fingerprint density at radius 3 is 2.55 bits per heavy atom. The number of benzene rings is 3. The summed E-state index contributed by atoms with van der Waals surface area (Å²) in [6.07, 6.45) is 1.43. The van der Waals surface area contributed by atoms with Crippen LogP contribution >= 0.6 is 11.6 Å². The highest BCUT2D eigenvalue weighted by atomic mass is 35.5. The van der Waals surface area contributed by atoms with Gasteiger partial charge in [0, 0.05) is 12.1 Å². The standard InChI is InChI=1S/C22H18ClN3O3/c1-27-20-10-16-19(11-21(20)28-12-14-5-3-2-4-6-14)25-13-26-22(16)29-15-7-8-18(24)17(23)9-15/h2-11,13H,12,24H2,1H3. The SMILES string of the molecule is COc1cc2c(Oc3ccc(N)c(Cl)c3)ncnc2cc1OCc1ccccc1. The van der Waals surface area contributed by atoms with Gasteiger partial charge in [0.1, 0.15) is 18.7 Å². The van der Waals surface area contributed by atoms with Gasteiger partial charge in [-0.25, -0.2) is 9.97 Å². The molecule has 0 aliphatic heterocycles. The first-order valence-corrected chi connectivity index (χ1v) is 9.24. The lowest BCUT2D eigenvalue weighted by Gasteiger charge is -2.13. The normalized spacial score (nSPS) is 10.7. The van der Waals surface area contributed by atoms with Crippen molar-refractivity contribution in [2.75, 3.05) is 12.8 Å². The number of hydrogen-bond acceptors (Lipinski definition) is 6. The van der Waals surface area contributed by atoms with Gasteiger partial charge in [-0.05, 0) is 23.8 Å². The van der Waals surface area contributed by atoms with Crippen LogP contribution in [0, 0.1) is 0 Å². The van der Waals surface area contributed by atoms with E-state index in [0.29, 0.717) is 51.3 Å². The first-order chi connectivity index (χ1) is 14.1. The van der Waals surface area contributed by atoms with Crippen molar-refractivity contribution in [3.63, 3.8) is 0 Å². The summed E-state index contributed by atoms with van der Waals surface area (Å²) in [5.41, 5.74) is 7.96. The Morgan fingerprint density at radius 2 is 1.79 bits per heavy atom. The van der Waals surface area contributed by atoms with Crippen LogP contribution in [0.4, 0.5) is 5.69 Å². The lowest BCUT2D eigenvalue weighted by Crippen LogP contribution is -1.99. The van der Waals surface area contributed by atoms with Crippen LogP contribution in [0.25, 0.3) is 10.9 Å². The molecule has 0 bridgehead atoms. The number of halogens is 1. The number of ether oxygens (including phenoxy) is 3. The van der Waals surface area contributed by atoms with Crippen molar-refractivity contribution in [3.8, 4) is 23.1 Å². The minimum Gasteiger partial charge on any atom is -0.493 e. The van der Waals surface area contributed by atoms with Crippen LogP contribution in [0.1, 0.15) is 5.56 Å². The highest BCUT2D eigenvalue weighted by molar-refractivity contribution is 6.33. The van der Waals surface area contributed by atoms with Crippen LogP contribution in [0.15, 0.2) is 67.0 Å². The number of hydrogen-bond donors (Lipinski definition) is 1. The van der Waals surface area contributed by atoms with E-state index < -0.39 is 0 Å².